The minimum atomic E-state index is -0.818. The summed E-state index contributed by atoms with van der Waals surface area (Å²) < 4.78 is 16.7. The second-order valence-electron chi connectivity index (χ2n) is 7.60. The summed E-state index contributed by atoms with van der Waals surface area (Å²) in [4.78, 5) is 27.4. The second-order valence-corrected chi connectivity index (χ2v) is 7.60. The molecule has 0 spiro atoms. The summed E-state index contributed by atoms with van der Waals surface area (Å²) in [6, 6.07) is 17.2. The molecule has 3 aromatic rings. The number of nitrogens with zero attached hydrogens (tertiary/aromatic N) is 1. The van der Waals surface area contributed by atoms with Gasteiger partial charge in [0.05, 0.1) is 11.8 Å². The van der Waals surface area contributed by atoms with Gasteiger partial charge in [0.15, 0.2) is 11.5 Å². The molecule has 0 unspecified atom stereocenters. The van der Waals surface area contributed by atoms with Gasteiger partial charge in [-0.05, 0) is 42.3 Å². The third-order valence-corrected chi connectivity index (χ3v) is 5.65. The fourth-order valence-corrected chi connectivity index (χ4v) is 4.09. The molecule has 3 heterocycles. The monoisotopic (exact) mass is 431 g/mol. The lowest BCUT2D eigenvalue weighted by molar-refractivity contribution is -0.140. The highest BCUT2D eigenvalue weighted by Gasteiger charge is 2.47. The number of hydrogen-bond acceptors (Lipinski definition) is 6. The smallest absolute Gasteiger partial charge is 0.295 e. The van der Waals surface area contributed by atoms with E-state index >= 15 is 0 Å². The van der Waals surface area contributed by atoms with Gasteiger partial charge in [0.25, 0.3) is 11.7 Å². The molecule has 1 amide bonds. The number of Topliss-reactive ketones (excluding diaryl/α,β-unsaturated/α-hetero) is 1. The van der Waals surface area contributed by atoms with Crippen molar-refractivity contribution in [2.45, 2.75) is 12.5 Å². The number of carbonyl (C=O) groups is 2. The summed E-state index contributed by atoms with van der Waals surface area (Å²) in [6.07, 6.45) is 2.05. The van der Waals surface area contributed by atoms with Crippen LogP contribution in [0.3, 0.4) is 0 Å². The predicted molar refractivity (Wildman–Crippen MR) is 115 cm³/mol. The minimum Gasteiger partial charge on any atom is -0.507 e. The number of amides is 1. The van der Waals surface area contributed by atoms with Crippen molar-refractivity contribution in [3.8, 4) is 11.5 Å². The van der Waals surface area contributed by atoms with E-state index in [-0.39, 0.29) is 11.3 Å². The van der Waals surface area contributed by atoms with Gasteiger partial charge in [0, 0.05) is 12.1 Å². The van der Waals surface area contributed by atoms with Crippen LogP contribution in [0.2, 0.25) is 0 Å². The van der Waals surface area contributed by atoms with Crippen molar-refractivity contribution in [1.82, 2.24) is 4.90 Å². The van der Waals surface area contributed by atoms with E-state index in [1.54, 1.807) is 30.3 Å². The molecule has 32 heavy (non-hydrogen) atoms. The van der Waals surface area contributed by atoms with Gasteiger partial charge >= 0.3 is 0 Å². The van der Waals surface area contributed by atoms with Crippen LogP contribution in [-0.4, -0.2) is 41.5 Å². The number of benzene rings is 2. The number of fused-ring (bicyclic) bond motifs is 1. The molecule has 1 N–H and O–H groups in total. The number of carbonyl (C=O) groups excluding carboxylic acids is 2. The second kappa shape index (κ2) is 8.26. The Balaban J connectivity index is 1.54. The number of aliphatic hydroxyl groups excluding tert-OH is 1. The van der Waals surface area contributed by atoms with Crippen LogP contribution in [0.15, 0.2) is 76.9 Å². The molecule has 7 heteroatoms. The number of ketones is 1. The van der Waals surface area contributed by atoms with Crippen molar-refractivity contribution >= 4 is 17.4 Å². The van der Waals surface area contributed by atoms with Crippen LogP contribution < -0.4 is 9.47 Å². The lowest BCUT2D eigenvalue weighted by atomic mass is 9.99. The summed E-state index contributed by atoms with van der Waals surface area (Å²) in [7, 11) is 0. The quantitative estimate of drug-likeness (QED) is 0.376. The SMILES string of the molecule is O=C1C(=O)N(CCc2ccccc2)[C@@H](c2ccco2)C1=C(O)c1ccc2c(c1)OCCO2. The van der Waals surface area contributed by atoms with Crippen LogP contribution in [-0.2, 0) is 16.0 Å². The van der Waals surface area contributed by atoms with Gasteiger partial charge < -0.3 is 23.9 Å². The standard InChI is InChI=1S/C25H21NO6/c27-23(17-8-9-18-20(15-17)32-14-13-31-18)21-22(19-7-4-12-30-19)26(25(29)24(21)28)11-10-16-5-2-1-3-6-16/h1-9,12,15,22,27H,10-11,13-14H2/t22-/m0/s1. The molecule has 162 valence electrons. The molecular weight excluding hydrogens is 410 g/mol. The number of rotatable bonds is 5. The first-order chi connectivity index (χ1) is 15.6. The van der Waals surface area contributed by atoms with Crippen LogP contribution in [0.1, 0.15) is 22.9 Å². The van der Waals surface area contributed by atoms with Crippen molar-refractivity contribution in [3.05, 3.63) is 89.4 Å². The Hall–Kier alpha value is -4.00. The summed E-state index contributed by atoms with van der Waals surface area (Å²) in [6.45, 7) is 1.15. The maximum Gasteiger partial charge on any atom is 0.295 e. The van der Waals surface area contributed by atoms with Gasteiger partial charge in [-0.3, -0.25) is 9.59 Å². The van der Waals surface area contributed by atoms with E-state index in [4.69, 9.17) is 13.9 Å². The molecule has 2 aliphatic heterocycles. The summed E-state index contributed by atoms with van der Waals surface area (Å²) >= 11 is 0. The number of aliphatic hydroxyl groups is 1. The summed E-state index contributed by atoms with van der Waals surface area (Å²) in [5.74, 6) is -0.222. The zero-order valence-corrected chi connectivity index (χ0v) is 17.2. The highest BCUT2D eigenvalue weighted by Crippen LogP contribution is 2.41. The molecule has 5 rings (SSSR count). The number of hydrogen-bond donors (Lipinski definition) is 1. The maximum atomic E-state index is 13.0. The molecule has 1 atom stereocenters. The van der Waals surface area contributed by atoms with Crippen molar-refractivity contribution < 1.29 is 28.6 Å². The predicted octanol–water partition coefficient (Wildman–Crippen LogP) is 3.72. The molecule has 1 aromatic heterocycles. The molecule has 0 bridgehead atoms. The normalized spacial score (nSPS) is 19.4. The highest BCUT2D eigenvalue weighted by atomic mass is 16.6. The summed E-state index contributed by atoms with van der Waals surface area (Å²) in [5.41, 5.74) is 1.40. The van der Waals surface area contributed by atoms with Crippen molar-refractivity contribution in [1.29, 1.82) is 0 Å². The largest absolute Gasteiger partial charge is 0.507 e. The Bertz CT molecular complexity index is 1180. The third kappa shape index (κ3) is 3.51. The maximum absolute atomic E-state index is 13.0. The fraction of sp³-hybridized carbons (Fsp3) is 0.200. The first kappa shape index (κ1) is 19.9. The zero-order valence-electron chi connectivity index (χ0n) is 17.2. The van der Waals surface area contributed by atoms with Crippen LogP contribution in [0, 0.1) is 0 Å². The Morgan fingerprint density at radius 3 is 2.50 bits per heavy atom. The average molecular weight is 431 g/mol. The Morgan fingerprint density at radius 1 is 0.969 bits per heavy atom. The van der Waals surface area contributed by atoms with E-state index < -0.39 is 17.7 Å². The lowest BCUT2D eigenvalue weighted by Crippen LogP contribution is -2.31. The number of ether oxygens (including phenoxy) is 2. The lowest BCUT2D eigenvalue weighted by Gasteiger charge is -2.23. The first-order valence-electron chi connectivity index (χ1n) is 10.4. The Labute approximate surface area is 184 Å². The van der Waals surface area contributed by atoms with Crippen LogP contribution in [0.25, 0.3) is 5.76 Å². The third-order valence-electron chi connectivity index (χ3n) is 5.65. The van der Waals surface area contributed by atoms with Gasteiger partial charge in [-0.2, -0.15) is 0 Å². The van der Waals surface area contributed by atoms with E-state index in [9.17, 15) is 14.7 Å². The van der Waals surface area contributed by atoms with Gasteiger partial charge in [0.1, 0.15) is 30.8 Å². The topological polar surface area (TPSA) is 89.2 Å². The molecule has 7 nitrogen and oxygen atoms in total. The average Bonchev–Trinajstić information content (AvgIpc) is 3.45. The molecule has 0 saturated carbocycles. The molecule has 2 aromatic carbocycles. The van der Waals surface area contributed by atoms with Crippen LogP contribution in [0.5, 0.6) is 11.5 Å². The first-order valence-corrected chi connectivity index (χ1v) is 10.4. The molecular formula is C25H21NO6. The molecule has 2 aliphatic rings. The van der Waals surface area contributed by atoms with Crippen LogP contribution >= 0.6 is 0 Å². The number of furan rings is 1. The van der Waals surface area contributed by atoms with Crippen molar-refractivity contribution in [2.75, 3.05) is 19.8 Å². The van der Waals surface area contributed by atoms with Crippen molar-refractivity contribution in [2.24, 2.45) is 0 Å². The minimum absolute atomic E-state index is 0.00492. The number of likely N-dealkylation sites (tertiary alicyclic amines) is 1. The van der Waals surface area contributed by atoms with Gasteiger partial charge in [-0.25, -0.2) is 0 Å². The Kier molecular flexibility index (Phi) is 5.15. The molecule has 1 fully saturated rings. The van der Waals surface area contributed by atoms with E-state index in [1.807, 2.05) is 30.3 Å². The van der Waals surface area contributed by atoms with Gasteiger partial charge in [-0.15, -0.1) is 0 Å². The molecule has 1 saturated heterocycles. The van der Waals surface area contributed by atoms with E-state index in [0.29, 0.717) is 49.0 Å². The van der Waals surface area contributed by atoms with E-state index in [0.717, 1.165) is 5.56 Å². The van der Waals surface area contributed by atoms with Gasteiger partial charge in [0.2, 0.25) is 0 Å². The fourth-order valence-electron chi connectivity index (χ4n) is 4.09. The molecule has 0 aliphatic carbocycles. The van der Waals surface area contributed by atoms with Crippen molar-refractivity contribution in [3.63, 3.8) is 0 Å². The highest BCUT2D eigenvalue weighted by molar-refractivity contribution is 6.46. The van der Waals surface area contributed by atoms with Crippen LogP contribution in [0.4, 0.5) is 0 Å². The summed E-state index contributed by atoms with van der Waals surface area (Å²) in [5, 5.41) is 11.1. The Morgan fingerprint density at radius 2 is 1.75 bits per heavy atom. The van der Waals surface area contributed by atoms with E-state index in [1.165, 1.54) is 11.2 Å². The van der Waals surface area contributed by atoms with Gasteiger partial charge in [-0.1, -0.05) is 30.3 Å². The van der Waals surface area contributed by atoms with E-state index in [2.05, 4.69) is 0 Å². The molecule has 0 radical (unpaired) electrons. The zero-order chi connectivity index (χ0) is 22.1.